The van der Waals surface area contributed by atoms with Crippen molar-refractivity contribution in [1.29, 1.82) is 0 Å². The highest BCUT2D eigenvalue weighted by Crippen LogP contribution is 2.59. The van der Waals surface area contributed by atoms with Crippen LogP contribution < -0.4 is 5.69 Å². The highest BCUT2D eigenvalue weighted by Gasteiger charge is 2.51. The number of piperidine rings is 1. The van der Waals surface area contributed by atoms with Crippen LogP contribution in [0.4, 0.5) is 26.3 Å². The van der Waals surface area contributed by atoms with Crippen LogP contribution >= 0.6 is 0 Å². The molecular formula is C26H29F6N3O2. The summed E-state index contributed by atoms with van der Waals surface area (Å²) in [4.78, 5) is 15.4. The Morgan fingerprint density at radius 2 is 1.59 bits per heavy atom. The molecule has 1 saturated carbocycles. The van der Waals surface area contributed by atoms with Gasteiger partial charge in [-0.1, -0.05) is 25.5 Å². The Morgan fingerprint density at radius 1 is 1.00 bits per heavy atom. The first kappa shape index (κ1) is 25.9. The van der Waals surface area contributed by atoms with Crippen molar-refractivity contribution in [3.05, 3.63) is 57.7 Å². The number of alkyl halides is 6. The second kappa shape index (κ2) is 8.68. The molecule has 1 N–H and O–H groups in total. The van der Waals surface area contributed by atoms with Crippen LogP contribution in [0.1, 0.15) is 56.7 Å². The van der Waals surface area contributed by atoms with Gasteiger partial charge in [0.2, 0.25) is 5.88 Å². The van der Waals surface area contributed by atoms with E-state index >= 15 is 0 Å². The Labute approximate surface area is 210 Å². The van der Waals surface area contributed by atoms with Gasteiger partial charge in [-0.25, -0.2) is 9.36 Å². The van der Waals surface area contributed by atoms with E-state index in [1.165, 1.54) is 16.6 Å². The fourth-order valence-electron chi connectivity index (χ4n) is 6.29. The lowest BCUT2D eigenvalue weighted by molar-refractivity contribution is -0.143. The Kier molecular flexibility index (Phi) is 6.08. The summed E-state index contributed by atoms with van der Waals surface area (Å²) < 4.78 is 81.5. The second-order valence-electron chi connectivity index (χ2n) is 11.1. The van der Waals surface area contributed by atoms with Crippen LogP contribution in [0.2, 0.25) is 0 Å². The number of hydrogen-bond acceptors (Lipinski definition) is 3. The van der Waals surface area contributed by atoms with Crippen molar-refractivity contribution in [2.24, 2.45) is 17.3 Å². The first-order valence-corrected chi connectivity index (χ1v) is 12.4. The normalized spacial score (nSPS) is 24.6. The zero-order valence-corrected chi connectivity index (χ0v) is 20.5. The molecule has 3 aliphatic carbocycles. The molecule has 2 fully saturated rings. The van der Waals surface area contributed by atoms with E-state index in [9.17, 15) is 36.2 Å². The van der Waals surface area contributed by atoms with E-state index in [0.717, 1.165) is 25.1 Å². The molecule has 4 aliphatic rings. The number of rotatable bonds is 4. The third-order valence-electron chi connectivity index (χ3n) is 8.67. The molecule has 0 spiro atoms. The maximum atomic E-state index is 13.3. The van der Waals surface area contributed by atoms with Crippen LogP contribution in [-0.2, 0) is 12.4 Å². The molecule has 11 heteroatoms. The van der Waals surface area contributed by atoms with Gasteiger partial charge >= 0.3 is 18.0 Å². The topological polar surface area (TPSA) is 50.4 Å². The smallest absolute Gasteiger partial charge is 0.416 e. The molecule has 1 saturated heterocycles. The molecule has 0 radical (unpaired) electrons. The maximum Gasteiger partial charge on any atom is 0.416 e. The summed E-state index contributed by atoms with van der Waals surface area (Å²) in [6.45, 7) is 6.88. The molecule has 202 valence electrons. The van der Waals surface area contributed by atoms with Crippen LogP contribution in [0.5, 0.6) is 5.88 Å². The predicted molar refractivity (Wildman–Crippen MR) is 124 cm³/mol. The van der Waals surface area contributed by atoms with Crippen molar-refractivity contribution in [1.82, 2.24) is 14.0 Å². The summed E-state index contributed by atoms with van der Waals surface area (Å²) in [5.74, 6) is 0.625. The van der Waals surface area contributed by atoms with Gasteiger partial charge in [0.15, 0.2) is 0 Å². The Balaban J connectivity index is 1.35. The highest BCUT2D eigenvalue weighted by atomic mass is 19.4. The minimum absolute atomic E-state index is 0.00900. The first-order valence-electron chi connectivity index (χ1n) is 12.4. The summed E-state index contributed by atoms with van der Waals surface area (Å²) in [5.41, 5.74) is -2.89. The van der Waals surface area contributed by atoms with Crippen LogP contribution in [0, 0.1) is 17.3 Å². The van der Waals surface area contributed by atoms with Gasteiger partial charge in [-0.15, -0.1) is 0 Å². The zero-order valence-electron chi connectivity index (χ0n) is 20.5. The van der Waals surface area contributed by atoms with Crippen LogP contribution in [0.3, 0.4) is 0 Å². The maximum absolute atomic E-state index is 13.3. The molecule has 0 unspecified atom stereocenters. The molecule has 2 atom stereocenters. The minimum atomic E-state index is -5.06. The van der Waals surface area contributed by atoms with E-state index in [1.807, 2.05) is 0 Å². The number of nitrogens with zero attached hydrogens (tertiary/aromatic N) is 3. The van der Waals surface area contributed by atoms with Gasteiger partial charge in [-0.2, -0.15) is 26.3 Å². The number of aromatic hydroxyl groups is 1. The molecule has 1 aromatic carbocycles. The molecule has 37 heavy (non-hydrogen) atoms. The Hall–Kier alpha value is -2.69. The van der Waals surface area contributed by atoms with E-state index in [2.05, 4.69) is 24.8 Å². The van der Waals surface area contributed by atoms with Crippen LogP contribution in [0.15, 0.2) is 40.8 Å². The first-order chi connectivity index (χ1) is 17.2. The SMILES string of the molecule is CC1(C)[C@H]2CC=C(CN3CCC(n4cc(O)n(-c5cc(C(F)(F)F)cc(C(F)(F)F)c5)c4=O)CC3)[C@@H]1C2. The standard InChI is InChI=1S/C26H29F6N3O2/c1-24(2)16-4-3-15(21(24)12-16)13-33-7-5-19(6-8-33)34-14-22(36)35(23(34)37)20-10-17(25(27,28)29)9-18(11-20)26(30,31)32/h3,9-11,14,16,19,21,36H,4-8,12-13H2,1-2H3/t16-,21-/m0/s1. The number of imidazole rings is 1. The van der Waals surface area contributed by atoms with E-state index in [-0.39, 0.29) is 12.1 Å². The Morgan fingerprint density at radius 3 is 2.11 bits per heavy atom. The summed E-state index contributed by atoms with van der Waals surface area (Å²) >= 11 is 0. The number of likely N-dealkylation sites (tertiary alicyclic amines) is 1. The molecule has 0 amide bonds. The van der Waals surface area contributed by atoms with Crippen molar-refractivity contribution in [2.75, 3.05) is 19.6 Å². The zero-order chi connectivity index (χ0) is 26.9. The minimum Gasteiger partial charge on any atom is -0.493 e. The number of halogens is 6. The summed E-state index contributed by atoms with van der Waals surface area (Å²) in [6, 6.07) is 0.542. The third kappa shape index (κ3) is 4.59. The van der Waals surface area contributed by atoms with Gasteiger partial charge in [0.25, 0.3) is 0 Å². The average molecular weight is 530 g/mol. The summed E-state index contributed by atoms with van der Waals surface area (Å²) in [5, 5.41) is 10.4. The average Bonchev–Trinajstić information content (AvgIpc) is 3.11. The van der Waals surface area contributed by atoms with Crippen molar-refractivity contribution < 1.29 is 31.4 Å². The monoisotopic (exact) mass is 529 g/mol. The lowest BCUT2D eigenvalue weighted by Gasteiger charge is -2.57. The van der Waals surface area contributed by atoms with E-state index in [0.29, 0.717) is 54.0 Å². The quantitative estimate of drug-likeness (QED) is 0.390. The van der Waals surface area contributed by atoms with Gasteiger partial charge in [0, 0.05) is 25.7 Å². The number of aromatic nitrogens is 2. The van der Waals surface area contributed by atoms with Gasteiger partial charge in [0.05, 0.1) is 23.0 Å². The highest BCUT2D eigenvalue weighted by molar-refractivity contribution is 5.44. The van der Waals surface area contributed by atoms with Crippen molar-refractivity contribution in [2.45, 2.75) is 57.9 Å². The van der Waals surface area contributed by atoms with Crippen LogP contribution in [-0.4, -0.2) is 38.8 Å². The fraction of sp³-hybridized carbons (Fsp3) is 0.577. The molecule has 2 heterocycles. The Bertz CT molecular complexity index is 1250. The van der Waals surface area contributed by atoms with Gasteiger partial charge < -0.3 is 5.11 Å². The van der Waals surface area contributed by atoms with Crippen molar-refractivity contribution in [3.8, 4) is 11.6 Å². The number of hydrogen-bond donors (Lipinski definition) is 1. The third-order valence-corrected chi connectivity index (χ3v) is 8.67. The fourth-order valence-corrected chi connectivity index (χ4v) is 6.29. The molecule has 1 aliphatic heterocycles. The van der Waals surface area contributed by atoms with E-state index in [4.69, 9.17) is 0 Å². The van der Waals surface area contributed by atoms with Gasteiger partial charge in [0.1, 0.15) is 0 Å². The lowest BCUT2D eigenvalue weighted by Crippen LogP contribution is -2.50. The second-order valence-corrected chi connectivity index (χ2v) is 11.1. The van der Waals surface area contributed by atoms with Crippen molar-refractivity contribution >= 4 is 0 Å². The lowest BCUT2D eigenvalue weighted by atomic mass is 9.49. The molecule has 5 nitrogen and oxygen atoms in total. The molecule has 1 aromatic heterocycles. The van der Waals surface area contributed by atoms with Gasteiger partial charge in [-0.3, -0.25) is 9.47 Å². The number of benzene rings is 1. The van der Waals surface area contributed by atoms with Gasteiger partial charge in [-0.05, 0) is 61.1 Å². The van der Waals surface area contributed by atoms with Crippen LogP contribution in [0.25, 0.3) is 5.69 Å². The van der Waals surface area contributed by atoms with Crippen molar-refractivity contribution in [3.63, 3.8) is 0 Å². The van der Waals surface area contributed by atoms with E-state index < -0.39 is 40.7 Å². The molecule has 6 rings (SSSR count). The number of allylic oxidation sites excluding steroid dienone is 1. The molecule has 2 aromatic rings. The van der Waals surface area contributed by atoms with E-state index in [1.54, 1.807) is 0 Å². The number of fused-ring (bicyclic) bond motifs is 1. The predicted octanol–water partition coefficient (Wildman–Crippen LogP) is 6.01. The summed E-state index contributed by atoms with van der Waals surface area (Å²) in [7, 11) is 0. The molecular weight excluding hydrogens is 500 g/mol. The largest absolute Gasteiger partial charge is 0.493 e. The summed E-state index contributed by atoms with van der Waals surface area (Å²) in [6.07, 6.45) is -3.21. The molecule has 2 bridgehead atoms.